The van der Waals surface area contributed by atoms with Crippen LogP contribution < -0.4 is 0 Å². The third-order valence-corrected chi connectivity index (χ3v) is 2.69. The third kappa shape index (κ3) is 1.95. The second-order valence-electron chi connectivity index (χ2n) is 3.78. The molecule has 1 amide bonds. The van der Waals surface area contributed by atoms with Gasteiger partial charge in [-0.3, -0.25) is 14.3 Å². The number of aryl methyl sites for hydroxylation is 2. The van der Waals surface area contributed by atoms with Crippen LogP contribution in [0.15, 0.2) is 6.07 Å². The van der Waals surface area contributed by atoms with Gasteiger partial charge in [0.2, 0.25) is 0 Å². The minimum Gasteiger partial charge on any atom is -0.271 e. The maximum absolute atomic E-state index is 12.1. The van der Waals surface area contributed by atoms with Gasteiger partial charge in [0.05, 0.1) is 18.8 Å². The van der Waals surface area contributed by atoms with Gasteiger partial charge in [0.15, 0.2) is 0 Å². The highest BCUT2D eigenvalue weighted by Crippen LogP contribution is 2.13. The molecule has 16 heavy (non-hydrogen) atoms. The van der Waals surface area contributed by atoms with Gasteiger partial charge in [-0.15, -0.1) is 0 Å². The smallest absolute Gasteiger partial charge is 0.271 e. The molecule has 5 heteroatoms. The molecule has 1 aliphatic heterocycles. The molecule has 0 saturated carbocycles. The van der Waals surface area contributed by atoms with Crippen molar-refractivity contribution in [2.24, 2.45) is 0 Å². The molecule has 0 bridgehead atoms. The lowest BCUT2D eigenvalue weighted by atomic mass is 10.3. The zero-order valence-corrected chi connectivity index (χ0v) is 9.77. The van der Waals surface area contributed by atoms with Crippen molar-refractivity contribution in [3.8, 4) is 0 Å². The van der Waals surface area contributed by atoms with Crippen molar-refractivity contribution in [2.75, 3.05) is 13.2 Å². The lowest BCUT2D eigenvalue weighted by molar-refractivity contribution is -0.0775. The maximum Gasteiger partial charge on any atom is 0.295 e. The first kappa shape index (κ1) is 11.1. The van der Waals surface area contributed by atoms with Crippen LogP contribution in [-0.2, 0) is 17.8 Å². The van der Waals surface area contributed by atoms with Gasteiger partial charge < -0.3 is 0 Å². The number of amides is 1. The molecule has 88 valence electrons. The Hall–Kier alpha value is -1.36. The van der Waals surface area contributed by atoms with E-state index in [1.165, 1.54) is 5.06 Å². The summed E-state index contributed by atoms with van der Waals surface area (Å²) in [7, 11) is 0. The minimum absolute atomic E-state index is 0.0773. The highest BCUT2D eigenvalue weighted by molar-refractivity contribution is 5.92. The van der Waals surface area contributed by atoms with Crippen LogP contribution in [0.2, 0.25) is 0 Å². The van der Waals surface area contributed by atoms with Crippen LogP contribution in [-0.4, -0.2) is 33.9 Å². The Bertz CT molecular complexity index is 381. The average Bonchev–Trinajstić information content (AvgIpc) is 2.96. The van der Waals surface area contributed by atoms with Crippen molar-refractivity contribution in [1.82, 2.24) is 14.8 Å². The first-order chi connectivity index (χ1) is 7.76. The summed E-state index contributed by atoms with van der Waals surface area (Å²) in [6.45, 7) is 6.02. The predicted molar refractivity (Wildman–Crippen MR) is 58.9 cm³/mol. The van der Waals surface area contributed by atoms with Gasteiger partial charge in [-0.2, -0.15) is 5.10 Å². The second kappa shape index (κ2) is 4.65. The van der Waals surface area contributed by atoms with Gasteiger partial charge in [-0.05, 0) is 25.8 Å². The number of hydrogen-bond donors (Lipinski definition) is 0. The van der Waals surface area contributed by atoms with E-state index in [0.717, 1.165) is 18.5 Å². The van der Waals surface area contributed by atoms with Crippen molar-refractivity contribution < 1.29 is 9.63 Å². The number of hydrogen-bond acceptors (Lipinski definition) is 3. The predicted octanol–water partition coefficient (Wildman–Crippen LogP) is 1.24. The summed E-state index contributed by atoms with van der Waals surface area (Å²) < 4.78 is 1.74. The summed E-state index contributed by atoms with van der Waals surface area (Å²) in [6.07, 6.45) is 1.75. The minimum atomic E-state index is -0.0773. The molecule has 0 aromatic carbocycles. The molecular formula is C11H17N3O2. The second-order valence-corrected chi connectivity index (χ2v) is 3.78. The van der Waals surface area contributed by atoms with Crippen molar-refractivity contribution in [3.63, 3.8) is 0 Å². The average molecular weight is 223 g/mol. The first-order valence-electron chi connectivity index (χ1n) is 5.77. The number of carbonyl (C=O) groups excluding carboxylic acids is 1. The van der Waals surface area contributed by atoms with E-state index >= 15 is 0 Å². The van der Waals surface area contributed by atoms with Crippen LogP contribution in [0.25, 0.3) is 0 Å². The SMILES string of the molecule is CCc1cc(C(=O)N2CCCO2)n(CC)n1. The molecule has 1 aromatic heterocycles. The molecule has 0 spiro atoms. The van der Waals surface area contributed by atoms with Gasteiger partial charge in [0.1, 0.15) is 5.69 Å². The summed E-state index contributed by atoms with van der Waals surface area (Å²) in [5.74, 6) is -0.0773. The van der Waals surface area contributed by atoms with E-state index in [1.807, 2.05) is 19.9 Å². The van der Waals surface area contributed by atoms with Gasteiger partial charge >= 0.3 is 0 Å². The van der Waals surface area contributed by atoms with E-state index in [2.05, 4.69) is 5.10 Å². The van der Waals surface area contributed by atoms with Gasteiger partial charge in [-0.1, -0.05) is 6.92 Å². The van der Waals surface area contributed by atoms with E-state index < -0.39 is 0 Å². The third-order valence-electron chi connectivity index (χ3n) is 2.69. The maximum atomic E-state index is 12.1. The Kier molecular flexibility index (Phi) is 3.24. The van der Waals surface area contributed by atoms with Crippen LogP contribution in [0.1, 0.15) is 36.5 Å². The molecule has 1 aromatic rings. The molecule has 0 unspecified atom stereocenters. The molecule has 1 fully saturated rings. The van der Waals surface area contributed by atoms with Gasteiger partial charge in [0, 0.05) is 6.54 Å². The zero-order chi connectivity index (χ0) is 11.5. The Morgan fingerprint density at radius 2 is 2.38 bits per heavy atom. The molecule has 1 saturated heterocycles. The quantitative estimate of drug-likeness (QED) is 0.774. The van der Waals surface area contributed by atoms with Gasteiger partial charge in [0.25, 0.3) is 5.91 Å². The number of nitrogens with zero attached hydrogens (tertiary/aromatic N) is 3. The molecule has 1 aliphatic rings. The van der Waals surface area contributed by atoms with E-state index in [9.17, 15) is 4.79 Å². The topological polar surface area (TPSA) is 47.4 Å². The number of carbonyl (C=O) groups is 1. The van der Waals surface area contributed by atoms with E-state index in [-0.39, 0.29) is 5.91 Å². The van der Waals surface area contributed by atoms with Crippen LogP contribution >= 0.6 is 0 Å². The van der Waals surface area contributed by atoms with Crippen molar-refractivity contribution >= 4 is 5.91 Å². The van der Waals surface area contributed by atoms with Crippen molar-refractivity contribution in [2.45, 2.75) is 33.2 Å². The van der Waals surface area contributed by atoms with Crippen molar-refractivity contribution in [3.05, 3.63) is 17.5 Å². The lowest BCUT2D eigenvalue weighted by Crippen LogP contribution is -2.28. The highest BCUT2D eigenvalue weighted by Gasteiger charge is 2.24. The molecule has 0 radical (unpaired) electrons. The monoisotopic (exact) mass is 223 g/mol. The fraction of sp³-hybridized carbons (Fsp3) is 0.636. The van der Waals surface area contributed by atoms with Crippen LogP contribution in [0.3, 0.4) is 0 Å². The molecule has 0 N–H and O–H groups in total. The van der Waals surface area contributed by atoms with Gasteiger partial charge in [-0.25, -0.2) is 5.06 Å². The molecule has 0 aliphatic carbocycles. The summed E-state index contributed by atoms with van der Waals surface area (Å²) in [4.78, 5) is 17.4. The first-order valence-corrected chi connectivity index (χ1v) is 5.77. The zero-order valence-electron chi connectivity index (χ0n) is 9.77. The lowest BCUT2D eigenvalue weighted by Gasteiger charge is -2.13. The molecule has 2 heterocycles. The van der Waals surface area contributed by atoms with E-state index in [1.54, 1.807) is 4.68 Å². The number of aromatic nitrogens is 2. The Morgan fingerprint density at radius 1 is 1.56 bits per heavy atom. The fourth-order valence-electron chi connectivity index (χ4n) is 1.79. The molecule has 2 rings (SSSR count). The normalized spacial score (nSPS) is 15.8. The fourth-order valence-corrected chi connectivity index (χ4v) is 1.79. The highest BCUT2D eigenvalue weighted by atomic mass is 16.7. The molecular weight excluding hydrogens is 206 g/mol. The van der Waals surface area contributed by atoms with Crippen LogP contribution in [0.5, 0.6) is 0 Å². The Morgan fingerprint density at radius 3 is 2.94 bits per heavy atom. The molecule has 5 nitrogen and oxygen atoms in total. The number of rotatable bonds is 3. The Balaban J connectivity index is 2.23. The van der Waals surface area contributed by atoms with E-state index in [4.69, 9.17) is 4.84 Å². The van der Waals surface area contributed by atoms with Crippen LogP contribution in [0.4, 0.5) is 0 Å². The summed E-state index contributed by atoms with van der Waals surface area (Å²) in [5, 5.41) is 5.79. The molecule has 0 atom stereocenters. The summed E-state index contributed by atoms with van der Waals surface area (Å²) in [5.41, 5.74) is 1.57. The van der Waals surface area contributed by atoms with Crippen molar-refractivity contribution in [1.29, 1.82) is 0 Å². The Labute approximate surface area is 94.9 Å². The largest absolute Gasteiger partial charge is 0.295 e. The summed E-state index contributed by atoms with van der Waals surface area (Å²) >= 11 is 0. The van der Waals surface area contributed by atoms with Crippen LogP contribution in [0, 0.1) is 0 Å². The number of hydroxylamine groups is 2. The summed E-state index contributed by atoms with van der Waals surface area (Å²) in [6, 6.07) is 1.85. The van der Waals surface area contributed by atoms with E-state index in [0.29, 0.717) is 25.4 Å². The standard InChI is InChI=1S/C11H17N3O2/c1-3-9-8-10(13(4-2)12-9)11(15)14-6-5-7-16-14/h8H,3-7H2,1-2H3.